The monoisotopic (exact) mass is 308 g/mol. The van der Waals surface area contributed by atoms with Crippen molar-refractivity contribution < 1.29 is 17.6 Å². The molecule has 1 heterocycles. The molecule has 0 amide bonds. The van der Waals surface area contributed by atoms with E-state index in [2.05, 4.69) is 0 Å². The zero-order valence-corrected chi connectivity index (χ0v) is 6.90. The molecule has 0 aromatic rings. The first-order valence-corrected chi connectivity index (χ1v) is 5.39. The van der Waals surface area contributed by atoms with Crippen molar-refractivity contribution in [2.45, 2.75) is 6.96 Å². The van der Waals surface area contributed by atoms with Crippen LogP contribution in [-0.4, -0.2) is 31.2 Å². The molecule has 1 fully saturated rings. The van der Waals surface area contributed by atoms with Crippen LogP contribution in [0.2, 0.25) is 0 Å². The molecule has 0 bridgehead atoms. The van der Waals surface area contributed by atoms with E-state index < -0.39 is 31.2 Å². The minimum atomic E-state index is -3.49. The van der Waals surface area contributed by atoms with Gasteiger partial charge in [-0.25, -0.2) is 0 Å². The predicted octanol–water partition coefficient (Wildman–Crippen LogP) is 0.890. The van der Waals surface area contributed by atoms with Crippen LogP contribution in [0.1, 0.15) is 0 Å². The molecule has 1 rings (SSSR count). The van der Waals surface area contributed by atoms with Gasteiger partial charge in [-0.3, -0.25) is 0 Å². The fourth-order valence-corrected chi connectivity index (χ4v) is 1.46. The van der Waals surface area contributed by atoms with Crippen molar-refractivity contribution in [2.24, 2.45) is 0 Å². The first kappa shape index (κ1) is 5.77. The van der Waals surface area contributed by atoms with Crippen LogP contribution in [0.15, 0.2) is 0 Å². The fourth-order valence-electron chi connectivity index (χ4n) is 0.166. The van der Waals surface area contributed by atoms with Gasteiger partial charge in [-0.15, -0.1) is 0 Å². The van der Waals surface area contributed by atoms with E-state index in [0.29, 0.717) is 0 Å². The predicted molar refractivity (Wildman–Crippen MR) is 15.6 cm³/mol. The Labute approximate surface area is 49.1 Å². The van der Waals surface area contributed by atoms with Gasteiger partial charge in [0, 0.05) is 0 Å². The molecule has 5 heteroatoms. The van der Waals surface area contributed by atoms with E-state index in [-0.39, 0.29) is 0 Å². The third-order valence-corrected chi connectivity index (χ3v) is 4.56. The van der Waals surface area contributed by atoms with E-state index in [4.69, 9.17) is 0 Å². The van der Waals surface area contributed by atoms with Gasteiger partial charge in [0.2, 0.25) is 0 Å². The summed E-state index contributed by atoms with van der Waals surface area (Å²) in [4.78, 5) is 0. The SMILES string of the molecule is F[C]1(F)[Pb][C]1(F)F. The normalized spacial score (nSPS) is 32.6. The van der Waals surface area contributed by atoms with Gasteiger partial charge in [0.1, 0.15) is 0 Å². The number of hydrogen-bond donors (Lipinski definition) is 0. The standard InChI is InChI=1S/C2F4.Pb/c3-1(4)2(5)6;. The third kappa shape index (κ3) is 0.769. The van der Waals surface area contributed by atoms with Crippen LogP contribution in [0.4, 0.5) is 17.6 Å². The number of halogens is 4. The van der Waals surface area contributed by atoms with Crippen LogP contribution in [0.3, 0.4) is 0 Å². The first-order valence-electron chi connectivity index (χ1n) is 1.51. The summed E-state index contributed by atoms with van der Waals surface area (Å²) < 4.78 is 38.0. The average molecular weight is 307 g/mol. The maximum atomic E-state index is 11.2. The maximum absolute atomic E-state index is 11.2. The topological polar surface area (TPSA) is 0 Å². The fraction of sp³-hybridized carbons (Fsp3) is 1.00. The summed E-state index contributed by atoms with van der Waals surface area (Å²) in [6.45, 7) is 0. The van der Waals surface area contributed by atoms with Gasteiger partial charge >= 0.3 is 48.8 Å². The summed E-state index contributed by atoms with van der Waals surface area (Å²) in [5, 5.41) is 0. The first-order chi connectivity index (χ1) is 2.96. The van der Waals surface area contributed by atoms with Crippen LogP contribution in [0.25, 0.3) is 0 Å². The quantitative estimate of drug-likeness (QED) is 0.461. The molecule has 0 aliphatic carbocycles. The van der Waals surface area contributed by atoms with Crippen LogP contribution in [-0.2, 0) is 0 Å². The molecule has 7 heavy (non-hydrogen) atoms. The van der Waals surface area contributed by atoms with Crippen molar-refractivity contribution in [2.75, 3.05) is 0 Å². The second-order valence-corrected chi connectivity index (χ2v) is 7.13. The van der Waals surface area contributed by atoms with Gasteiger partial charge in [-0.1, -0.05) is 0 Å². The molecule has 2 radical (unpaired) electrons. The Kier molecular flexibility index (Phi) is 0.937. The molecule has 0 nitrogen and oxygen atoms in total. The molecule has 0 atom stereocenters. The van der Waals surface area contributed by atoms with E-state index >= 15 is 0 Å². The summed E-state index contributed by atoms with van der Waals surface area (Å²) in [5.74, 6) is 0. The summed E-state index contributed by atoms with van der Waals surface area (Å²) in [6.07, 6.45) is 0. The molecule has 0 aromatic carbocycles. The molecule has 1 aliphatic rings. The minimum absolute atomic E-state index is 2.78. The van der Waals surface area contributed by atoms with Crippen molar-refractivity contribution in [1.29, 1.82) is 0 Å². The Balaban J connectivity index is 2.59. The van der Waals surface area contributed by atoms with Crippen LogP contribution < -0.4 is 0 Å². The van der Waals surface area contributed by atoms with Gasteiger partial charge in [-0.05, 0) is 0 Å². The van der Waals surface area contributed by atoms with Gasteiger partial charge in [0.15, 0.2) is 0 Å². The van der Waals surface area contributed by atoms with E-state index in [9.17, 15) is 17.6 Å². The molecule has 0 unspecified atom stereocenters. The second kappa shape index (κ2) is 1.14. The molecular formula is C2F4Pb. The molecule has 40 valence electrons. The zero-order chi connectivity index (χ0) is 5.71. The molecule has 0 N–H and O–H groups in total. The van der Waals surface area contributed by atoms with Crippen molar-refractivity contribution in [3.05, 3.63) is 0 Å². The summed E-state index contributed by atoms with van der Waals surface area (Å²) in [5.41, 5.74) is 0. The van der Waals surface area contributed by atoms with Gasteiger partial charge in [0.25, 0.3) is 0 Å². The zero-order valence-electron chi connectivity index (χ0n) is 3.01. The molecule has 0 spiro atoms. The molecule has 0 aromatic heterocycles. The van der Waals surface area contributed by atoms with Gasteiger partial charge < -0.3 is 0 Å². The average Bonchev–Trinajstić information content (AvgIpc) is 1.63. The summed E-state index contributed by atoms with van der Waals surface area (Å²) in [6, 6.07) is 0. The Morgan fingerprint density at radius 3 is 1.00 bits per heavy atom. The van der Waals surface area contributed by atoms with Crippen molar-refractivity contribution in [3.8, 4) is 0 Å². The Morgan fingerprint density at radius 1 is 0.857 bits per heavy atom. The van der Waals surface area contributed by atoms with Crippen molar-refractivity contribution in [3.63, 3.8) is 0 Å². The molecule has 1 aliphatic heterocycles. The molecule has 0 saturated carbocycles. The van der Waals surface area contributed by atoms with Crippen LogP contribution in [0.5, 0.6) is 0 Å². The second-order valence-electron chi connectivity index (χ2n) is 1.27. The Morgan fingerprint density at radius 2 is 1.00 bits per heavy atom. The van der Waals surface area contributed by atoms with Crippen LogP contribution >= 0.6 is 0 Å². The van der Waals surface area contributed by atoms with Crippen LogP contribution in [0, 0.1) is 0 Å². The molecule has 1 saturated heterocycles. The van der Waals surface area contributed by atoms with E-state index in [0.717, 1.165) is 0 Å². The molecular weight excluding hydrogens is 307 g/mol. The Hall–Kier alpha value is 0.642. The van der Waals surface area contributed by atoms with E-state index in [1.54, 1.807) is 0 Å². The third-order valence-electron chi connectivity index (χ3n) is 0.646. The summed E-state index contributed by atoms with van der Waals surface area (Å²) >= 11 is -2.78. The summed E-state index contributed by atoms with van der Waals surface area (Å²) in [7, 11) is 0. The number of hydrogen-bond acceptors (Lipinski definition) is 0. The van der Waals surface area contributed by atoms with Crippen molar-refractivity contribution >= 4 is 24.2 Å². The van der Waals surface area contributed by atoms with E-state index in [1.165, 1.54) is 0 Å². The van der Waals surface area contributed by atoms with Gasteiger partial charge in [-0.2, -0.15) is 0 Å². The Bertz CT molecular complexity index is 85.9. The van der Waals surface area contributed by atoms with Gasteiger partial charge in [0.05, 0.1) is 0 Å². The van der Waals surface area contributed by atoms with E-state index in [1.807, 2.05) is 0 Å². The number of alkyl halides is 4. The van der Waals surface area contributed by atoms with Crippen molar-refractivity contribution in [1.82, 2.24) is 0 Å². The number of rotatable bonds is 0.